The second-order valence-corrected chi connectivity index (χ2v) is 6.62. The van der Waals surface area contributed by atoms with Crippen LogP contribution in [-0.4, -0.2) is 10.8 Å². The fourth-order valence-corrected chi connectivity index (χ4v) is 3.09. The fourth-order valence-electron chi connectivity index (χ4n) is 3.09. The molecular weight excluding hydrogens is 210 g/mol. The van der Waals surface area contributed by atoms with E-state index in [9.17, 15) is 4.79 Å². The summed E-state index contributed by atoms with van der Waals surface area (Å²) in [6, 6.07) is 0. The quantitative estimate of drug-likeness (QED) is 0.774. The summed E-state index contributed by atoms with van der Waals surface area (Å²) < 4.78 is 0. The molecule has 1 fully saturated rings. The van der Waals surface area contributed by atoms with Gasteiger partial charge in [0.1, 0.15) is 0 Å². The van der Waals surface area contributed by atoms with Gasteiger partial charge >= 0.3 is 0 Å². The predicted octanol–water partition coefficient (Wildman–Crippen LogP) is 3.80. The Morgan fingerprint density at radius 1 is 1.00 bits per heavy atom. The number of hydrogen-bond donors (Lipinski definition) is 1. The highest BCUT2D eigenvalue weighted by molar-refractivity contribution is 6.01. The molecule has 2 nitrogen and oxygen atoms in total. The molecule has 17 heavy (non-hydrogen) atoms. The van der Waals surface area contributed by atoms with Gasteiger partial charge in [-0.05, 0) is 42.7 Å². The lowest BCUT2D eigenvalue weighted by Gasteiger charge is -2.03. The lowest BCUT2D eigenvalue weighted by molar-refractivity contribution is 0.0940. The maximum Gasteiger partial charge on any atom is 0.183 e. The maximum atomic E-state index is 12.6. The van der Waals surface area contributed by atoms with E-state index in [0.717, 1.165) is 17.0 Å². The first-order chi connectivity index (χ1) is 7.62. The maximum absolute atomic E-state index is 12.6. The van der Waals surface area contributed by atoms with E-state index < -0.39 is 0 Å². The number of aromatic amines is 1. The summed E-state index contributed by atoms with van der Waals surface area (Å²) in [6.07, 6.45) is 0. The molecule has 0 unspecified atom stereocenters. The van der Waals surface area contributed by atoms with Crippen molar-refractivity contribution >= 4 is 5.78 Å². The standard InChI is InChI=1S/C15H23NO/c1-8-9(2)11(16-10(8)3)12(17)13-14(4,5)15(13,6)7/h13,16H,1-7H3. The van der Waals surface area contributed by atoms with Crippen molar-refractivity contribution in [2.24, 2.45) is 16.7 Å². The van der Waals surface area contributed by atoms with Crippen molar-refractivity contribution in [2.45, 2.75) is 48.5 Å². The van der Waals surface area contributed by atoms with Crippen LogP contribution in [0.15, 0.2) is 0 Å². The molecule has 0 radical (unpaired) electrons. The van der Waals surface area contributed by atoms with E-state index in [4.69, 9.17) is 0 Å². The van der Waals surface area contributed by atoms with Gasteiger partial charge in [0.15, 0.2) is 5.78 Å². The number of hydrogen-bond acceptors (Lipinski definition) is 1. The van der Waals surface area contributed by atoms with Gasteiger partial charge in [0, 0.05) is 11.6 Å². The molecule has 1 aliphatic carbocycles. The molecule has 0 atom stereocenters. The van der Waals surface area contributed by atoms with Crippen molar-refractivity contribution in [3.63, 3.8) is 0 Å². The molecule has 0 bridgehead atoms. The minimum absolute atomic E-state index is 0.115. The summed E-state index contributed by atoms with van der Waals surface area (Å²) in [5.74, 6) is 0.430. The van der Waals surface area contributed by atoms with Crippen molar-refractivity contribution in [3.8, 4) is 0 Å². The van der Waals surface area contributed by atoms with Crippen molar-refractivity contribution in [2.75, 3.05) is 0 Å². The molecule has 1 aromatic rings. The Hall–Kier alpha value is -1.05. The molecular formula is C15H23NO. The molecule has 1 saturated carbocycles. The Morgan fingerprint density at radius 2 is 1.47 bits per heavy atom. The van der Waals surface area contributed by atoms with Crippen LogP contribution >= 0.6 is 0 Å². The van der Waals surface area contributed by atoms with Crippen LogP contribution in [0, 0.1) is 37.5 Å². The number of rotatable bonds is 2. The second kappa shape index (κ2) is 3.24. The van der Waals surface area contributed by atoms with Gasteiger partial charge in [0.2, 0.25) is 0 Å². The Morgan fingerprint density at radius 3 is 1.76 bits per heavy atom. The van der Waals surface area contributed by atoms with Gasteiger partial charge in [-0.3, -0.25) is 4.79 Å². The Kier molecular flexibility index (Phi) is 2.37. The van der Waals surface area contributed by atoms with Gasteiger partial charge in [0.25, 0.3) is 0 Å². The third-order valence-electron chi connectivity index (χ3n) is 5.34. The number of carbonyl (C=O) groups excluding carboxylic acids is 1. The Balaban J connectivity index is 2.38. The van der Waals surface area contributed by atoms with E-state index in [1.54, 1.807) is 0 Å². The number of H-pyrrole nitrogens is 1. The first-order valence-corrected chi connectivity index (χ1v) is 6.32. The van der Waals surface area contributed by atoms with Gasteiger partial charge < -0.3 is 4.98 Å². The zero-order valence-corrected chi connectivity index (χ0v) is 12.0. The molecule has 0 saturated heterocycles. The Labute approximate surface area is 104 Å². The van der Waals surface area contributed by atoms with Crippen LogP contribution in [0.5, 0.6) is 0 Å². The number of carbonyl (C=O) groups is 1. The topological polar surface area (TPSA) is 32.9 Å². The van der Waals surface area contributed by atoms with Crippen LogP contribution in [0.25, 0.3) is 0 Å². The van der Waals surface area contributed by atoms with Crippen molar-refractivity contribution in [1.29, 1.82) is 0 Å². The van der Waals surface area contributed by atoms with Crippen LogP contribution in [0.1, 0.15) is 55.0 Å². The van der Waals surface area contributed by atoms with Gasteiger partial charge in [-0.2, -0.15) is 0 Å². The number of ketones is 1. The summed E-state index contributed by atoms with van der Waals surface area (Å²) in [6.45, 7) is 14.9. The third-order valence-corrected chi connectivity index (χ3v) is 5.34. The lowest BCUT2D eigenvalue weighted by atomic mass is 10.0. The average Bonchev–Trinajstić information content (AvgIpc) is 2.46. The van der Waals surface area contributed by atoms with Crippen molar-refractivity contribution in [3.05, 3.63) is 22.5 Å². The van der Waals surface area contributed by atoms with Gasteiger partial charge in [-0.15, -0.1) is 0 Å². The highest BCUT2D eigenvalue weighted by atomic mass is 16.1. The highest BCUT2D eigenvalue weighted by Crippen LogP contribution is 2.69. The predicted molar refractivity (Wildman–Crippen MR) is 70.4 cm³/mol. The normalized spacial score (nSPS) is 21.6. The summed E-state index contributed by atoms with van der Waals surface area (Å²) in [5, 5.41) is 0. The zero-order valence-electron chi connectivity index (χ0n) is 12.0. The fraction of sp³-hybridized carbons (Fsp3) is 0.667. The van der Waals surface area contributed by atoms with E-state index in [1.165, 1.54) is 5.56 Å². The Bertz CT molecular complexity index is 477. The van der Waals surface area contributed by atoms with E-state index in [-0.39, 0.29) is 22.5 Å². The average molecular weight is 233 g/mol. The molecule has 0 spiro atoms. The van der Waals surface area contributed by atoms with Crippen LogP contribution in [0.2, 0.25) is 0 Å². The van der Waals surface area contributed by atoms with Crippen LogP contribution in [0.3, 0.4) is 0 Å². The van der Waals surface area contributed by atoms with Gasteiger partial charge in [-0.25, -0.2) is 0 Å². The molecule has 2 rings (SSSR count). The van der Waals surface area contributed by atoms with Crippen LogP contribution in [0.4, 0.5) is 0 Å². The summed E-state index contributed by atoms with van der Waals surface area (Å²) in [4.78, 5) is 15.9. The van der Waals surface area contributed by atoms with E-state index in [1.807, 2.05) is 13.8 Å². The lowest BCUT2D eigenvalue weighted by Crippen LogP contribution is -2.09. The summed E-state index contributed by atoms with van der Waals surface area (Å²) in [5.41, 5.74) is 4.49. The molecule has 94 valence electrons. The van der Waals surface area contributed by atoms with E-state index >= 15 is 0 Å². The second-order valence-electron chi connectivity index (χ2n) is 6.62. The monoisotopic (exact) mass is 233 g/mol. The molecule has 1 aromatic heterocycles. The van der Waals surface area contributed by atoms with E-state index in [0.29, 0.717) is 0 Å². The number of aryl methyl sites for hydroxylation is 1. The molecule has 2 heteroatoms. The smallest absolute Gasteiger partial charge is 0.183 e. The number of aromatic nitrogens is 1. The molecule has 0 aliphatic heterocycles. The summed E-state index contributed by atoms with van der Waals surface area (Å²) >= 11 is 0. The molecule has 0 amide bonds. The molecule has 1 N–H and O–H groups in total. The summed E-state index contributed by atoms with van der Waals surface area (Å²) in [7, 11) is 0. The van der Waals surface area contributed by atoms with Crippen molar-refractivity contribution in [1.82, 2.24) is 4.98 Å². The SMILES string of the molecule is Cc1[nH]c(C(=O)C2C(C)(C)C2(C)C)c(C)c1C. The largest absolute Gasteiger partial charge is 0.356 e. The number of Topliss-reactive ketones (excluding diaryl/α,β-unsaturated/α-hetero) is 1. The van der Waals surface area contributed by atoms with E-state index in [2.05, 4.69) is 39.6 Å². The first kappa shape index (κ1) is 12.4. The molecule has 0 aromatic carbocycles. The zero-order chi connectivity index (χ0) is 13.2. The minimum Gasteiger partial charge on any atom is -0.356 e. The number of nitrogens with one attached hydrogen (secondary N) is 1. The van der Waals surface area contributed by atoms with Crippen LogP contribution < -0.4 is 0 Å². The van der Waals surface area contributed by atoms with Crippen LogP contribution in [-0.2, 0) is 0 Å². The van der Waals surface area contributed by atoms with Gasteiger partial charge in [0.05, 0.1) is 5.69 Å². The van der Waals surface area contributed by atoms with Gasteiger partial charge in [-0.1, -0.05) is 27.7 Å². The van der Waals surface area contributed by atoms with Crippen molar-refractivity contribution < 1.29 is 4.79 Å². The third kappa shape index (κ3) is 1.42. The highest BCUT2D eigenvalue weighted by Gasteiger charge is 2.68. The molecule has 1 aliphatic rings. The minimum atomic E-state index is 0.115. The first-order valence-electron chi connectivity index (χ1n) is 6.32. The molecule has 1 heterocycles.